The lowest BCUT2D eigenvalue weighted by atomic mass is 10.2. The Hall–Kier alpha value is -2.24. The maximum Gasteiger partial charge on any atom is 0.229 e. The average molecular weight is 247 g/mol. The molecule has 0 N–H and O–H groups in total. The van der Waals surface area contributed by atoms with Crippen molar-refractivity contribution in [1.82, 2.24) is 15.1 Å². The molecule has 94 valence electrons. The van der Waals surface area contributed by atoms with Crippen molar-refractivity contribution in [3.05, 3.63) is 35.7 Å². The molecule has 0 aromatic carbocycles. The summed E-state index contributed by atoms with van der Waals surface area (Å²) in [6, 6.07) is 3.25. The maximum absolute atomic E-state index is 10.4. The van der Waals surface area contributed by atoms with E-state index in [1.807, 2.05) is 13.8 Å². The predicted octanol–water partition coefficient (Wildman–Crippen LogP) is 1.98. The first kappa shape index (κ1) is 12.2. The molecular weight excluding hydrogens is 234 g/mol. The Balaban J connectivity index is 1.95. The summed E-state index contributed by atoms with van der Waals surface area (Å²) in [6.07, 6.45) is 2.16. The lowest BCUT2D eigenvalue weighted by Crippen LogP contribution is -1.99. The van der Waals surface area contributed by atoms with Gasteiger partial charge in [0.05, 0.1) is 6.20 Å². The van der Waals surface area contributed by atoms with Gasteiger partial charge in [-0.3, -0.25) is 4.79 Å². The summed E-state index contributed by atoms with van der Waals surface area (Å²) in [5, 5.41) is 3.80. The van der Waals surface area contributed by atoms with Gasteiger partial charge in [-0.2, -0.15) is 4.98 Å². The fourth-order valence-corrected chi connectivity index (χ4v) is 1.26. The van der Waals surface area contributed by atoms with Gasteiger partial charge in [0.2, 0.25) is 11.7 Å². The second kappa shape index (κ2) is 5.39. The molecule has 6 nitrogen and oxygen atoms in total. The zero-order valence-corrected chi connectivity index (χ0v) is 10.2. The monoisotopic (exact) mass is 247 g/mol. The topological polar surface area (TPSA) is 78.1 Å². The van der Waals surface area contributed by atoms with Crippen LogP contribution in [0.15, 0.2) is 22.9 Å². The minimum atomic E-state index is 0.194. The van der Waals surface area contributed by atoms with E-state index in [4.69, 9.17) is 9.26 Å². The number of ether oxygens (including phenoxy) is 1. The first-order chi connectivity index (χ1) is 8.69. The van der Waals surface area contributed by atoms with Crippen LogP contribution in [0.25, 0.3) is 0 Å². The predicted molar refractivity (Wildman–Crippen MR) is 62.3 cm³/mol. The van der Waals surface area contributed by atoms with E-state index in [0.29, 0.717) is 29.4 Å². The average Bonchev–Trinajstić information content (AvgIpc) is 2.86. The number of aromatic nitrogens is 3. The second-order valence-electron chi connectivity index (χ2n) is 4.03. The zero-order chi connectivity index (χ0) is 13.0. The van der Waals surface area contributed by atoms with E-state index in [1.54, 1.807) is 12.1 Å². The summed E-state index contributed by atoms with van der Waals surface area (Å²) in [5.41, 5.74) is 0.365. The van der Waals surface area contributed by atoms with Crippen LogP contribution in [0.5, 0.6) is 5.75 Å². The normalized spacial score (nSPS) is 10.6. The number of pyridine rings is 1. The zero-order valence-electron chi connectivity index (χ0n) is 10.2. The standard InChI is InChI=1S/C12H13N3O3/c1-8(2)12-14-11(15-18-12)7-17-10-4-3-9(6-16)13-5-10/h3-6,8H,7H2,1-2H3. The number of rotatable bonds is 5. The molecule has 0 aliphatic heterocycles. The van der Waals surface area contributed by atoms with Gasteiger partial charge in [-0.15, -0.1) is 0 Å². The SMILES string of the molecule is CC(C)c1nc(COc2ccc(C=O)nc2)no1. The third-order valence-electron chi connectivity index (χ3n) is 2.23. The van der Waals surface area contributed by atoms with Crippen LogP contribution in [-0.2, 0) is 6.61 Å². The van der Waals surface area contributed by atoms with E-state index < -0.39 is 0 Å². The van der Waals surface area contributed by atoms with Crippen LogP contribution < -0.4 is 4.74 Å². The Morgan fingerprint density at radius 3 is 2.83 bits per heavy atom. The van der Waals surface area contributed by atoms with E-state index >= 15 is 0 Å². The van der Waals surface area contributed by atoms with Crippen molar-refractivity contribution in [2.75, 3.05) is 0 Å². The molecular formula is C12H13N3O3. The summed E-state index contributed by atoms with van der Waals surface area (Å²) in [4.78, 5) is 18.5. The van der Waals surface area contributed by atoms with Crippen molar-refractivity contribution in [1.29, 1.82) is 0 Å². The van der Waals surface area contributed by atoms with Crippen LogP contribution in [-0.4, -0.2) is 21.4 Å². The van der Waals surface area contributed by atoms with Crippen molar-refractivity contribution in [3.8, 4) is 5.75 Å². The molecule has 6 heteroatoms. The van der Waals surface area contributed by atoms with Gasteiger partial charge in [0.25, 0.3) is 0 Å². The molecule has 0 amide bonds. The Bertz CT molecular complexity index is 520. The molecule has 0 aliphatic rings. The van der Waals surface area contributed by atoms with Gasteiger partial charge in [0.1, 0.15) is 11.4 Å². The van der Waals surface area contributed by atoms with E-state index in [2.05, 4.69) is 15.1 Å². The highest BCUT2D eigenvalue weighted by molar-refractivity contribution is 5.71. The molecule has 0 bridgehead atoms. The number of hydrogen-bond acceptors (Lipinski definition) is 6. The van der Waals surface area contributed by atoms with Gasteiger partial charge in [-0.1, -0.05) is 19.0 Å². The Kier molecular flexibility index (Phi) is 3.66. The van der Waals surface area contributed by atoms with Gasteiger partial charge in [-0.25, -0.2) is 4.98 Å². The number of carbonyl (C=O) groups is 1. The third-order valence-corrected chi connectivity index (χ3v) is 2.23. The summed E-state index contributed by atoms with van der Waals surface area (Å²) < 4.78 is 10.5. The Morgan fingerprint density at radius 2 is 2.28 bits per heavy atom. The van der Waals surface area contributed by atoms with Crippen LogP contribution in [0, 0.1) is 0 Å². The first-order valence-corrected chi connectivity index (χ1v) is 5.55. The highest BCUT2D eigenvalue weighted by Crippen LogP contribution is 2.13. The van der Waals surface area contributed by atoms with Crippen molar-refractivity contribution >= 4 is 6.29 Å². The van der Waals surface area contributed by atoms with Gasteiger partial charge in [-0.05, 0) is 12.1 Å². The molecule has 0 unspecified atom stereocenters. The van der Waals surface area contributed by atoms with Gasteiger partial charge < -0.3 is 9.26 Å². The summed E-state index contributed by atoms with van der Waals surface area (Å²) in [6.45, 7) is 4.15. The maximum atomic E-state index is 10.4. The molecule has 18 heavy (non-hydrogen) atoms. The number of nitrogens with zero attached hydrogens (tertiary/aromatic N) is 3. The minimum absolute atomic E-state index is 0.194. The summed E-state index contributed by atoms with van der Waals surface area (Å²) in [7, 11) is 0. The highest BCUT2D eigenvalue weighted by Gasteiger charge is 2.10. The smallest absolute Gasteiger partial charge is 0.229 e. The largest absolute Gasteiger partial charge is 0.484 e. The minimum Gasteiger partial charge on any atom is -0.484 e. The molecule has 0 saturated carbocycles. The highest BCUT2D eigenvalue weighted by atomic mass is 16.5. The third kappa shape index (κ3) is 2.91. The number of aldehydes is 1. The molecule has 2 heterocycles. The quantitative estimate of drug-likeness (QED) is 0.752. The first-order valence-electron chi connectivity index (χ1n) is 5.55. The van der Waals surface area contributed by atoms with Crippen LogP contribution in [0.2, 0.25) is 0 Å². The van der Waals surface area contributed by atoms with E-state index in [0.717, 1.165) is 0 Å². The Morgan fingerprint density at radius 1 is 1.44 bits per heavy atom. The molecule has 0 spiro atoms. The fourth-order valence-electron chi connectivity index (χ4n) is 1.26. The number of carbonyl (C=O) groups excluding carboxylic acids is 1. The fraction of sp³-hybridized carbons (Fsp3) is 0.333. The van der Waals surface area contributed by atoms with E-state index in [-0.39, 0.29) is 12.5 Å². The lowest BCUT2D eigenvalue weighted by Gasteiger charge is -2.01. The van der Waals surface area contributed by atoms with Gasteiger partial charge >= 0.3 is 0 Å². The molecule has 2 aromatic heterocycles. The van der Waals surface area contributed by atoms with Crippen LogP contribution in [0.4, 0.5) is 0 Å². The van der Waals surface area contributed by atoms with Crippen molar-refractivity contribution in [2.45, 2.75) is 26.4 Å². The molecule has 0 saturated heterocycles. The summed E-state index contributed by atoms with van der Waals surface area (Å²) in [5.74, 6) is 1.82. The van der Waals surface area contributed by atoms with Crippen molar-refractivity contribution < 1.29 is 14.1 Å². The van der Waals surface area contributed by atoms with E-state index in [9.17, 15) is 4.79 Å². The molecule has 0 fully saturated rings. The van der Waals surface area contributed by atoms with Gasteiger partial charge in [0.15, 0.2) is 12.9 Å². The van der Waals surface area contributed by atoms with E-state index in [1.165, 1.54) is 6.20 Å². The second-order valence-corrected chi connectivity index (χ2v) is 4.03. The Labute approximate surface area is 104 Å². The molecule has 0 aliphatic carbocycles. The number of hydrogen-bond donors (Lipinski definition) is 0. The van der Waals surface area contributed by atoms with Crippen LogP contribution in [0.3, 0.4) is 0 Å². The van der Waals surface area contributed by atoms with Crippen LogP contribution in [0.1, 0.15) is 42.0 Å². The van der Waals surface area contributed by atoms with Crippen LogP contribution >= 0.6 is 0 Å². The van der Waals surface area contributed by atoms with Crippen molar-refractivity contribution in [3.63, 3.8) is 0 Å². The van der Waals surface area contributed by atoms with Gasteiger partial charge in [0, 0.05) is 5.92 Å². The molecule has 0 atom stereocenters. The molecule has 2 rings (SSSR count). The van der Waals surface area contributed by atoms with Crippen molar-refractivity contribution in [2.24, 2.45) is 0 Å². The molecule has 0 radical (unpaired) electrons. The molecule has 2 aromatic rings. The summed E-state index contributed by atoms with van der Waals surface area (Å²) >= 11 is 0. The lowest BCUT2D eigenvalue weighted by molar-refractivity contribution is 0.111.